The van der Waals surface area contributed by atoms with E-state index in [-0.39, 0.29) is 19.1 Å². The monoisotopic (exact) mass is 386 g/mol. The second-order valence-electron chi connectivity index (χ2n) is 5.52. The highest BCUT2D eigenvalue weighted by Crippen LogP contribution is 2.34. The third kappa shape index (κ3) is 3.51. The zero-order valence-electron chi connectivity index (χ0n) is 13.6. The summed E-state index contributed by atoms with van der Waals surface area (Å²) in [5.74, 6) is 0.230. The number of oxazole rings is 1. The summed E-state index contributed by atoms with van der Waals surface area (Å²) < 4.78 is 10.7. The number of para-hydroxylation sites is 1. The number of fused-ring (bicyclic) bond motifs is 1. The lowest BCUT2D eigenvalue weighted by Crippen LogP contribution is -2.39. The molecule has 0 unspecified atom stereocenters. The second-order valence-corrected chi connectivity index (χ2v) is 7.48. The molecule has 1 amide bonds. The van der Waals surface area contributed by atoms with Crippen LogP contribution in [0.5, 0.6) is 0 Å². The first kappa shape index (κ1) is 16.9. The molecule has 2 aromatic heterocycles. The molecule has 1 aromatic carbocycles. The summed E-state index contributed by atoms with van der Waals surface area (Å²) >= 11 is 3.00. The van der Waals surface area contributed by atoms with Gasteiger partial charge in [0.2, 0.25) is 11.8 Å². The zero-order chi connectivity index (χ0) is 17.9. The summed E-state index contributed by atoms with van der Waals surface area (Å²) in [5.41, 5.74) is 1.27. The molecule has 1 aliphatic rings. The quantitative estimate of drug-likeness (QED) is 0.624. The van der Waals surface area contributed by atoms with Crippen molar-refractivity contribution in [2.45, 2.75) is 11.5 Å². The third-order valence-corrected chi connectivity index (χ3v) is 5.67. The van der Waals surface area contributed by atoms with Crippen molar-refractivity contribution in [1.29, 1.82) is 0 Å². The lowest BCUT2D eigenvalue weighted by atomic mass is 10.2. The lowest BCUT2D eigenvalue weighted by Gasteiger charge is -2.27. The molecule has 0 N–H and O–H groups in total. The van der Waals surface area contributed by atoms with Gasteiger partial charge in [-0.2, -0.15) is 0 Å². The lowest BCUT2D eigenvalue weighted by molar-refractivity contribution is -0.144. The van der Waals surface area contributed by atoms with E-state index in [4.69, 9.17) is 9.15 Å². The van der Waals surface area contributed by atoms with Crippen LogP contribution in [0.25, 0.3) is 10.8 Å². The molecule has 0 saturated heterocycles. The number of thioether (sulfide) groups is 1. The first-order valence-electron chi connectivity index (χ1n) is 7.87. The molecule has 0 spiro atoms. The van der Waals surface area contributed by atoms with E-state index in [0.717, 1.165) is 15.5 Å². The molecule has 0 saturated carbocycles. The van der Waals surface area contributed by atoms with E-state index in [9.17, 15) is 9.59 Å². The van der Waals surface area contributed by atoms with Crippen LogP contribution in [0.2, 0.25) is 0 Å². The number of anilines is 1. The van der Waals surface area contributed by atoms with Gasteiger partial charge in [0, 0.05) is 4.90 Å². The number of amides is 1. The predicted molar refractivity (Wildman–Crippen MR) is 99.1 cm³/mol. The summed E-state index contributed by atoms with van der Waals surface area (Å²) in [4.78, 5) is 32.0. The molecule has 6 nitrogen and oxygen atoms in total. The van der Waals surface area contributed by atoms with Gasteiger partial charge in [-0.1, -0.05) is 18.2 Å². The first-order valence-corrected chi connectivity index (χ1v) is 9.73. The molecule has 0 fully saturated rings. The van der Waals surface area contributed by atoms with Gasteiger partial charge in [-0.05, 0) is 23.6 Å². The van der Waals surface area contributed by atoms with E-state index in [2.05, 4.69) is 4.98 Å². The number of ether oxygens (including phenoxy) is 1. The molecule has 26 heavy (non-hydrogen) atoms. The maximum absolute atomic E-state index is 12.2. The van der Waals surface area contributed by atoms with Crippen LogP contribution in [0.15, 0.2) is 57.4 Å². The Hall–Kier alpha value is -2.58. The van der Waals surface area contributed by atoms with Crippen LogP contribution in [0.3, 0.4) is 0 Å². The molecule has 0 atom stereocenters. The molecule has 0 bridgehead atoms. The number of hydrogen-bond acceptors (Lipinski definition) is 7. The Balaban J connectivity index is 1.38. The van der Waals surface area contributed by atoms with E-state index in [1.54, 1.807) is 0 Å². The van der Waals surface area contributed by atoms with Crippen molar-refractivity contribution in [3.8, 4) is 10.8 Å². The topological polar surface area (TPSA) is 72.6 Å². The molecule has 1 aliphatic heterocycles. The molecular weight excluding hydrogens is 372 g/mol. The smallest absolute Gasteiger partial charge is 0.326 e. The highest BCUT2D eigenvalue weighted by atomic mass is 32.2. The van der Waals surface area contributed by atoms with Gasteiger partial charge in [-0.15, -0.1) is 23.1 Å². The Labute approximate surface area is 157 Å². The Morgan fingerprint density at radius 1 is 1.27 bits per heavy atom. The van der Waals surface area contributed by atoms with Crippen molar-refractivity contribution in [3.63, 3.8) is 0 Å². The standard InChI is InChI=1S/C18H14N2O4S2/c21-16-11-26-14-5-2-1-4-13(14)20(16)8-17(22)23-9-12-10-24-18(19-12)15-6-3-7-25-15/h1-7,10H,8-9,11H2. The van der Waals surface area contributed by atoms with Crippen molar-refractivity contribution < 1.29 is 18.7 Å². The minimum absolute atomic E-state index is 0.00609. The van der Waals surface area contributed by atoms with Crippen LogP contribution >= 0.6 is 23.1 Å². The summed E-state index contributed by atoms with van der Waals surface area (Å²) in [5, 5.41) is 1.94. The summed E-state index contributed by atoms with van der Waals surface area (Å²) in [6.45, 7) is -0.113. The normalized spacial score (nSPS) is 13.5. The minimum atomic E-state index is -0.485. The molecule has 4 rings (SSSR count). The number of thiophene rings is 1. The van der Waals surface area contributed by atoms with Gasteiger partial charge in [-0.3, -0.25) is 14.5 Å². The van der Waals surface area contributed by atoms with Crippen LogP contribution in [0.1, 0.15) is 5.69 Å². The maximum atomic E-state index is 12.2. The van der Waals surface area contributed by atoms with Crippen molar-refractivity contribution in [2.24, 2.45) is 0 Å². The molecule has 3 aromatic rings. The van der Waals surface area contributed by atoms with Crippen molar-refractivity contribution in [2.75, 3.05) is 17.2 Å². The molecule has 3 heterocycles. The Morgan fingerprint density at radius 2 is 2.15 bits per heavy atom. The zero-order valence-corrected chi connectivity index (χ0v) is 15.2. The van der Waals surface area contributed by atoms with Gasteiger partial charge in [0.05, 0.1) is 16.3 Å². The van der Waals surface area contributed by atoms with Gasteiger partial charge < -0.3 is 9.15 Å². The fourth-order valence-electron chi connectivity index (χ4n) is 2.54. The SMILES string of the molecule is O=C(CN1C(=O)CSc2ccccc21)OCc1coc(-c2cccs2)n1. The maximum Gasteiger partial charge on any atom is 0.326 e. The van der Waals surface area contributed by atoms with Gasteiger partial charge in [-0.25, -0.2) is 4.98 Å². The molecular formula is C18H14N2O4S2. The second kappa shape index (κ2) is 7.35. The van der Waals surface area contributed by atoms with Crippen molar-refractivity contribution in [1.82, 2.24) is 4.98 Å². The van der Waals surface area contributed by atoms with Gasteiger partial charge in [0.15, 0.2) is 0 Å². The minimum Gasteiger partial charge on any atom is -0.458 e. The van der Waals surface area contributed by atoms with E-state index < -0.39 is 5.97 Å². The van der Waals surface area contributed by atoms with E-state index in [0.29, 0.717) is 17.3 Å². The van der Waals surface area contributed by atoms with Crippen LogP contribution < -0.4 is 4.90 Å². The Bertz CT molecular complexity index is 936. The Morgan fingerprint density at radius 3 is 3.00 bits per heavy atom. The van der Waals surface area contributed by atoms with E-state index >= 15 is 0 Å². The number of carbonyl (C=O) groups is 2. The highest BCUT2D eigenvalue weighted by molar-refractivity contribution is 8.00. The number of esters is 1. The van der Waals surface area contributed by atoms with Gasteiger partial charge in [0.1, 0.15) is 25.1 Å². The molecule has 8 heteroatoms. The fourth-order valence-corrected chi connectivity index (χ4v) is 4.13. The van der Waals surface area contributed by atoms with Crippen LogP contribution in [-0.2, 0) is 20.9 Å². The van der Waals surface area contributed by atoms with Crippen molar-refractivity contribution >= 4 is 40.7 Å². The summed E-state index contributed by atoms with van der Waals surface area (Å²) in [7, 11) is 0. The number of carbonyl (C=O) groups excluding carboxylic acids is 2. The average molecular weight is 386 g/mol. The number of aromatic nitrogens is 1. The summed E-state index contributed by atoms with van der Waals surface area (Å²) in [6, 6.07) is 11.3. The van der Waals surface area contributed by atoms with Gasteiger partial charge >= 0.3 is 5.97 Å². The number of nitrogens with zero attached hydrogens (tertiary/aromatic N) is 2. The summed E-state index contributed by atoms with van der Waals surface area (Å²) in [6.07, 6.45) is 1.47. The van der Waals surface area contributed by atoms with Crippen LogP contribution in [-0.4, -0.2) is 29.2 Å². The van der Waals surface area contributed by atoms with Gasteiger partial charge in [0.25, 0.3) is 0 Å². The largest absolute Gasteiger partial charge is 0.458 e. The highest BCUT2D eigenvalue weighted by Gasteiger charge is 2.26. The third-order valence-electron chi connectivity index (χ3n) is 3.76. The molecule has 0 radical (unpaired) electrons. The first-order chi connectivity index (χ1) is 12.7. The molecule has 132 valence electrons. The number of hydrogen-bond donors (Lipinski definition) is 0. The fraction of sp³-hybridized carbons (Fsp3) is 0.167. The van der Waals surface area contributed by atoms with E-state index in [1.807, 2.05) is 41.8 Å². The predicted octanol–water partition coefficient (Wildman–Crippen LogP) is 3.59. The van der Waals surface area contributed by atoms with Crippen LogP contribution in [0, 0.1) is 0 Å². The Kier molecular flexibility index (Phi) is 4.77. The average Bonchev–Trinajstić information content (AvgIpc) is 3.34. The molecule has 0 aliphatic carbocycles. The van der Waals surface area contributed by atoms with E-state index in [1.165, 1.54) is 34.3 Å². The van der Waals surface area contributed by atoms with Crippen molar-refractivity contribution in [3.05, 3.63) is 53.7 Å². The van der Waals surface area contributed by atoms with Crippen LogP contribution in [0.4, 0.5) is 5.69 Å². The number of rotatable bonds is 5. The number of benzene rings is 1.